The van der Waals surface area contributed by atoms with E-state index in [0.29, 0.717) is 31.1 Å². The van der Waals surface area contributed by atoms with Gasteiger partial charge in [-0.15, -0.1) is 0 Å². The van der Waals surface area contributed by atoms with Crippen molar-refractivity contribution in [1.29, 1.82) is 0 Å². The number of halogens is 2. The van der Waals surface area contributed by atoms with Crippen LogP contribution in [0.25, 0.3) is 0 Å². The van der Waals surface area contributed by atoms with Crippen molar-refractivity contribution in [3.63, 3.8) is 0 Å². The highest BCUT2D eigenvalue weighted by Gasteiger charge is 2.24. The van der Waals surface area contributed by atoms with Gasteiger partial charge in [-0.1, -0.05) is 11.6 Å². The summed E-state index contributed by atoms with van der Waals surface area (Å²) < 4.78 is 13.3. The van der Waals surface area contributed by atoms with Crippen LogP contribution >= 0.6 is 11.6 Å². The van der Waals surface area contributed by atoms with Crippen molar-refractivity contribution in [2.75, 3.05) is 19.6 Å². The molecule has 18 heavy (non-hydrogen) atoms. The Morgan fingerprint density at radius 1 is 1.56 bits per heavy atom. The number of amides is 1. The summed E-state index contributed by atoms with van der Waals surface area (Å²) in [5.74, 6) is -0.363. The molecule has 0 aromatic heterocycles. The van der Waals surface area contributed by atoms with Gasteiger partial charge >= 0.3 is 0 Å². The molecule has 5 heteroatoms. The predicted octanol–water partition coefficient (Wildman–Crippen LogP) is 2.29. The molecule has 1 aromatic carbocycles. The molecule has 1 atom stereocenters. The summed E-state index contributed by atoms with van der Waals surface area (Å²) in [5, 5.41) is 0.0324. The minimum atomic E-state index is -0.560. The van der Waals surface area contributed by atoms with Crippen molar-refractivity contribution in [2.24, 2.45) is 11.7 Å². The van der Waals surface area contributed by atoms with Crippen molar-refractivity contribution in [2.45, 2.75) is 12.8 Å². The maximum atomic E-state index is 13.3. The molecule has 0 saturated carbocycles. The fraction of sp³-hybridized carbons (Fsp3) is 0.462. The van der Waals surface area contributed by atoms with Crippen LogP contribution in [0.5, 0.6) is 0 Å². The van der Waals surface area contributed by atoms with Gasteiger partial charge in [-0.2, -0.15) is 0 Å². The van der Waals surface area contributed by atoms with Crippen molar-refractivity contribution >= 4 is 17.5 Å². The van der Waals surface area contributed by atoms with Gasteiger partial charge in [-0.25, -0.2) is 4.39 Å². The topological polar surface area (TPSA) is 46.3 Å². The van der Waals surface area contributed by atoms with E-state index in [0.717, 1.165) is 12.8 Å². The first-order valence-corrected chi connectivity index (χ1v) is 6.44. The van der Waals surface area contributed by atoms with Crippen LogP contribution in [0, 0.1) is 11.7 Å². The molecule has 1 aliphatic heterocycles. The molecule has 0 spiro atoms. The zero-order chi connectivity index (χ0) is 13.1. The lowest BCUT2D eigenvalue weighted by atomic mass is 9.97. The Balaban J connectivity index is 2.12. The molecule has 2 rings (SSSR count). The molecule has 1 amide bonds. The number of carbonyl (C=O) groups is 1. The fourth-order valence-electron chi connectivity index (χ4n) is 2.25. The second-order valence-corrected chi connectivity index (χ2v) is 5.03. The number of piperidine rings is 1. The Hall–Kier alpha value is -1.13. The summed E-state index contributed by atoms with van der Waals surface area (Å²) in [6.07, 6.45) is 2.00. The summed E-state index contributed by atoms with van der Waals surface area (Å²) in [7, 11) is 0. The van der Waals surface area contributed by atoms with E-state index in [2.05, 4.69) is 0 Å². The maximum absolute atomic E-state index is 13.3. The van der Waals surface area contributed by atoms with Crippen LogP contribution in [-0.2, 0) is 0 Å². The van der Waals surface area contributed by atoms with E-state index in [1.807, 2.05) is 0 Å². The molecule has 0 radical (unpaired) electrons. The van der Waals surface area contributed by atoms with E-state index in [9.17, 15) is 9.18 Å². The van der Waals surface area contributed by atoms with Gasteiger partial charge < -0.3 is 10.6 Å². The Morgan fingerprint density at radius 2 is 2.33 bits per heavy atom. The third kappa shape index (κ3) is 2.82. The quantitative estimate of drug-likeness (QED) is 0.896. The first kappa shape index (κ1) is 13.3. The molecule has 1 unspecified atom stereocenters. The molecule has 1 aromatic rings. The van der Waals surface area contributed by atoms with Gasteiger partial charge in [0.2, 0.25) is 0 Å². The maximum Gasteiger partial charge on any atom is 0.253 e. The average Bonchev–Trinajstić information content (AvgIpc) is 2.41. The standard InChI is InChI=1S/C13H16ClFN2O/c14-11-4-3-10(6-12(11)15)13(18)17-5-1-2-9(7-16)8-17/h3-4,6,9H,1-2,5,7-8,16H2. The monoisotopic (exact) mass is 270 g/mol. The van der Waals surface area contributed by atoms with Crippen LogP contribution < -0.4 is 5.73 Å². The Kier molecular flexibility index (Phi) is 4.19. The van der Waals surface area contributed by atoms with E-state index < -0.39 is 5.82 Å². The molecule has 0 bridgehead atoms. The Labute approximate surface area is 111 Å². The second-order valence-electron chi connectivity index (χ2n) is 4.62. The lowest BCUT2D eigenvalue weighted by Gasteiger charge is -2.32. The predicted molar refractivity (Wildman–Crippen MR) is 69.1 cm³/mol. The highest BCUT2D eigenvalue weighted by atomic mass is 35.5. The third-order valence-corrected chi connectivity index (χ3v) is 3.61. The lowest BCUT2D eigenvalue weighted by molar-refractivity contribution is 0.0677. The number of rotatable bonds is 2. The van der Waals surface area contributed by atoms with Gasteiger partial charge in [0.1, 0.15) is 5.82 Å². The SMILES string of the molecule is NCC1CCCN(C(=O)c2ccc(Cl)c(F)c2)C1. The normalized spacial score (nSPS) is 19.9. The molecule has 3 nitrogen and oxygen atoms in total. The zero-order valence-corrected chi connectivity index (χ0v) is 10.8. The van der Waals surface area contributed by atoms with Crippen LogP contribution in [-0.4, -0.2) is 30.4 Å². The van der Waals surface area contributed by atoms with Gasteiger partial charge in [0.25, 0.3) is 5.91 Å². The summed E-state index contributed by atoms with van der Waals surface area (Å²) in [5.41, 5.74) is 5.98. The molecule has 1 aliphatic rings. The summed E-state index contributed by atoms with van der Waals surface area (Å²) in [4.78, 5) is 13.9. The average molecular weight is 271 g/mol. The van der Waals surface area contributed by atoms with Crippen LogP contribution in [0.4, 0.5) is 4.39 Å². The van der Waals surface area contributed by atoms with E-state index in [1.54, 1.807) is 11.0 Å². The number of nitrogens with two attached hydrogens (primary N) is 1. The number of hydrogen-bond acceptors (Lipinski definition) is 2. The van der Waals surface area contributed by atoms with Crippen molar-refractivity contribution < 1.29 is 9.18 Å². The zero-order valence-electron chi connectivity index (χ0n) is 10.0. The van der Waals surface area contributed by atoms with E-state index in [-0.39, 0.29) is 10.9 Å². The fourth-order valence-corrected chi connectivity index (χ4v) is 2.37. The number of benzene rings is 1. The molecule has 2 N–H and O–H groups in total. The number of likely N-dealkylation sites (tertiary alicyclic amines) is 1. The number of nitrogens with zero attached hydrogens (tertiary/aromatic N) is 1. The van der Waals surface area contributed by atoms with Gasteiger partial charge in [0.15, 0.2) is 0 Å². The minimum Gasteiger partial charge on any atom is -0.338 e. The van der Waals surface area contributed by atoms with E-state index in [4.69, 9.17) is 17.3 Å². The van der Waals surface area contributed by atoms with Crippen LogP contribution in [0.2, 0.25) is 5.02 Å². The van der Waals surface area contributed by atoms with Crippen molar-refractivity contribution in [3.8, 4) is 0 Å². The summed E-state index contributed by atoms with van der Waals surface area (Å²) in [6, 6.07) is 4.16. The molecule has 1 saturated heterocycles. The van der Waals surface area contributed by atoms with Gasteiger partial charge in [0, 0.05) is 18.7 Å². The number of hydrogen-bond donors (Lipinski definition) is 1. The van der Waals surface area contributed by atoms with Crippen molar-refractivity contribution in [1.82, 2.24) is 4.90 Å². The summed E-state index contributed by atoms with van der Waals surface area (Å²) >= 11 is 5.60. The molecule has 0 aliphatic carbocycles. The summed E-state index contributed by atoms with van der Waals surface area (Å²) in [6.45, 7) is 1.94. The highest BCUT2D eigenvalue weighted by molar-refractivity contribution is 6.30. The van der Waals surface area contributed by atoms with Crippen molar-refractivity contribution in [3.05, 3.63) is 34.6 Å². The van der Waals surface area contributed by atoms with Gasteiger partial charge in [-0.3, -0.25) is 4.79 Å². The first-order chi connectivity index (χ1) is 8.61. The molecule has 1 heterocycles. The Bertz CT molecular complexity index is 453. The molecule has 98 valence electrons. The van der Waals surface area contributed by atoms with E-state index in [1.165, 1.54) is 12.1 Å². The van der Waals surface area contributed by atoms with Gasteiger partial charge in [-0.05, 0) is 43.5 Å². The Morgan fingerprint density at radius 3 is 3.00 bits per heavy atom. The minimum absolute atomic E-state index is 0.0324. The number of carbonyl (C=O) groups excluding carboxylic acids is 1. The first-order valence-electron chi connectivity index (χ1n) is 6.06. The van der Waals surface area contributed by atoms with E-state index >= 15 is 0 Å². The lowest BCUT2D eigenvalue weighted by Crippen LogP contribution is -2.42. The highest BCUT2D eigenvalue weighted by Crippen LogP contribution is 2.20. The van der Waals surface area contributed by atoms with Crippen LogP contribution in [0.15, 0.2) is 18.2 Å². The molecular formula is C13H16ClFN2O. The second kappa shape index (κ2) is 5.67. The molecular weight excluding hydrogens is 255 g/mol. The largest absolute Gasteiger partial charge is 0.338 e. The van der Waals surface area contributed by atoms with Crippen LogP contribution in [0.1, 0.15) is 23.2 Å². The molecule has 1 fully saturated rings. The smallest absolute Gasteiger partial charge is 0.253 e. The third-order valence-electron chi connectivity index (χ3n) is 3.31. The van der Waals surface area contributed by atoms with Crippen LogP contribution in [0.3, 0.4) is 0 Å². The van der Waals surface area contributed by atoms with Gasteiger partial charge in [0.05, 0.1) is 5.02 Å².